The average Bonchev–Trinajstić information content (AvgIpc) is 3.13. The predicted molar refractivity (Wildman–Crippen MR) is 212 cm³/mol. The number of ether oxygens (including phenoxy) is 4. The van der Waals surface area contributed by atoms with E-state index < -0.39 is 5.97 Å². The zero-order valence-electron chi connectivity index (χ0n) is 30.2. The number of aromatic nitrogens is 2. The van der Waals surface area contributed by atoms with Crippen LogP contribution in [-0.2, 0) is 0 Å². The van der Waals surface area contributed by atoms with E-state index in [4.69, 9.17) is 98.8 Å². The van der Waals surface area contributed by atoms with Crippen molar-refractivity contribution in [2.45, 2.75) is 18.7 Å². The number of fused-ring (bicyclic) bond motifs is 1. The molecule has 12 nitrogen and oxygen atoms in total. The fraction of sp³-hybridized carbons (Fsp3) is 0.200. The molecule has 0 fully saturated rings. The van der Waals surface area contributed by atoms with Crippen molar-refractivity contribution in [3.05, 3.63) is 100 Å². The molecular weight excluding hydrogens is 833 g/mol. The molecular formula is C35H33Cl4N4NaO8S2. The van der Waals surface area contributed by atoms with Crippen LogP contribution >= 0.6 is 70.4 Å². The molecule has 4 N–H and O–H groups in total. The normalized spacial score (nSPS) is 9.76. The number of carbonyl (C=O) groups is 1. The second kappa shape index (κ2) is 22.9. The Labute approximate surface area is 362 Å². The Bertz CT molecular complexity index is 2280. The number of nitriles is 1. The van der Waals surface area contributed by atoms with E-state index in [2.05, 4.69) is 4.98 Å². The molecule has 19 heteroatoms. The van der Waals surface area contributed by atoms with Crippen LogP contribution in [0.4, 0.5) is 5.69 Å². The first-order chi connectivity index (χ1) is 25.1. The minimum atomic E-state index is -1.06. The number of rotatable bonds is 7. The molecule has 1 heterocycles. The third-order valence-corrected chi connectivity index (χ3v) is 9.50. The Kier molecular flexibility index (Phi) is 20.7. The number of aromatic amines is 1. The Hall–Kier alpha value is -3.33. The number of thiocyanates is 1. The fourth-order valence-corrected chi connectivity index (χ4v) is 5.98. The molecule has 1 aromatic heterocycles. The summed E-state index contributed by atoms with van der Waals surface area (Å²) in [5.74, 6) is 0.952. The zero-order valence-corrected chi connectivity index (χ0v) is 36.9. The first-order valence-corrected chi connectivity index (χ1v) is 17.4. The summed E-state index contributed by atoms with van der Waals surface area (Å²) in [7, 11) is 6.83. The van der Waals surface area contributed by atoms with E-state index in [1.165, 1.54) is 39.1 Å². The number of nitrogens with two attached hydrogens (primary N) is 1. The van der Waals surface area contributed by atoms with Gasteiger partial charge in [-0.25, -0.2) is 4.79 Å². The minimum Gasteiger partial charge on any atom is -0.857 e. The van der Waals surface area contributed by atoms with Gasteiger partial charge in [0, 0.05) is 44.9 Å². The molecule has 0 saturated heterocycles. The van der Waals surface area contributed by atoms with Gasteiger partial charge in [-0.2, -0.15) is 12.4 Å². The third-order valence-electron chi connectivity index (χ3n) is 7.03. The Balaban J connectivity index is 0.000000428. The summed E-state index contributed by atoms with van der Waals surface area (Å²) in [6, 6.07) is 12.8. The molecule has 0 spiro atoms. The number of methoxy groups -OCH3 is 4. The van der Waals surface area contributed by atoms with Gasteiger partial charge in [-0.15, -0.1) is 0 Å². The summed E-state index contributed by atoms with van der Waals surface area (Å²) in [6.07, 6.45) is 0. The molecule has 54 heavy (non-hydrogen) atoms. The number of hydrogen-bond donors (Lipinski definition) is 3. The largest absolute Gasteiger partial charge is 1.00 e. The summed E-state index contributed by atoms with van der Waals surface area (Å²) in [4.78, 5) is 27.3. The van der Waals surface area contributed by atoms with Gasteiger partial charge in [0.25, 0.3) is 5.56 Å². The topological polar surface area (TPSA) is 185 Å². The third kappa shape index (κ3) is 12.1. The van der Waals surface area contributed by atoms with Crippen LogP contribution in [0.1, 0.15) is 21.5 Å². The maximum absolute atomic E-state index is 13.0. The first-order valence-electron chi connectivity index (χ1n) is 14.7. The van der Waals surface area contributed by atoms with Crippen LogP contribution in [0.5, 0.6) is 23.0 Å². The maximum Gasteiger partial charge on any atom is 1.00 e. The summed E-state index contributed by atoms with van der Waals surface area (Å²) in [5.41, 5.74) is 8.05. The van der Waals surface area contributed by atoms with E-state index in [9.17, 15) is 9.59 Å². The van der Waals surface area contributed by atoms with Crippen molar-refractivity contribution in [2.75, 3.05) is 41.3 Å². The Morgan fingerprint density at radius 1 is 0.833 bits per heavy atom. The molecule has 0 amide bonds. The summed E-state index contributed by atoms with van der Waals surface area (Å²) in [5, 5.41) is 29.5. The van der Waals surface area contributed by atoms with Gasteiger partial charge in [0.2, 0.25) is 0 Å². The van der Waals surface area contributed by atoms with E-state index in [0.29, 0.717) is 64.6 Å². The standard InChI is InChI=1S/C17H14Cl2N2O3S.C9H8ClNO2S.C8H8ClNO2.CH3O.Na/c1-8-4-12-9(5-10(8)18)16(22)21(17(25)20-12)13-7-15(24-3)14(23-2)6-11(13)19;1-12-7-3-6(10)9(14-5-11)4-8(7)13-2;1-4-2-7(10)5(8(11)12)3-6(4)9;1-2;/h4-7H,1-3H3,(H,20,25);3-4H,1-2H3;2-3H,10H2,1H3,(H,11,12);1H3;/q;;;-1;+1. The minimum absolute atomic E-state index is 0. The van der Waals surface area contributed by atoms with Crippen LogP contribution in [0.15, 0.2) is 58.2 Å². The zero-order chi connectivity index (χ0) is 40.2. The molecule has 5 rings (SSSR count). The number of benzene rings is 4. The van der Waals surface area contributed by atoms with Crippen molar-refractivity contribution < 1.29 is 63.5 Å². The molecule has 0 bridgehead atoms. The summed E-state index contributed by atoms with van der Waals surface area (Å²) < 4.78 is 22.2. The Morgan fingerprint density at radius 2 is 1.31 bits per heavy atom. The number of halogens is 4. The van der Waals surface area contributed by atoms with Gasteiger partial charge in [0.15, 0.2) is 27.8 Å². The van der Waals surface area contributed by atoms with E-state index in [-0.39, 0.29) is 51.1 Å². The molecule has 282 valence electrons. The van der Waals surface area contributed by atoms with Crippen LogP contribution in [0.3, 0.4) is 0 Å². The van der Waals surface area contributed by atoms with E-state index in [1.54, 1.807) is 49.4 Å². The van der Waals surface area contributed by atoms with Gasteiger partial charge >= 0.3 is 35.5 Å². The van der Waals surface area contributed by atoms with Crippen LogP contribution in [0.2, 0.25) is 20.1 Å². The van der Waals surface area contributed by atoms with Crippen molar-refractivity contribution in [1.82, 2.24) is 9.55 Å². The molecule has 0 aliphatic heterocycles. The predicted octanol–water partition coefficient (Wildman–Crippen LogP) is 5.52. The Morgan fingerprint density at radius 3 is 1.83 bits per heavy atom. The molecule has 0 radical (unpaired) electrons. The number of hydrogen-bond acceptors (Lipinski definition) is 11. The molecule has 0 atom stereocenters. The van der Waals surface area contributed by atoms with Gasteiger partial charge < -0.3 is 39.9 Å². The SMILES string of the molecule is COc1cc(Cl)c(-n2c(=S)[nH]c3cc(C)c(Cl)cc3c2=O)cc1OC.COc1cc(Cl)c(SC#N)cc1OC.C[O-].Cc1cc(N)c(C(=O)O)cc1Cl.[Na+]. The van der Waals surface area contributed by atoms with Crippen molar-refractivity contribution in [2.24, 2.45) is 0 Å². The van der Waals surface area contributed by atoms with Gasteiger partial charge in [0.05, 0.1) is 60.6 Å². The maximum atomic E-state index is 13.0. The van der Waals surface area contributed by atoms with Crippen LogP contribution in [0.25, 0.3) is 16.6 Å². The van der Waals surface area contributed by atoms with E-state index >= 15 is 0 Å². The summed E-state index contributed by atoms with van der Waals surface area (Å²) in [6.45, 7) is 3.62. The molecule has 0 aliphatic rings. The smallest absolute Gasteiger partial charge is 0.857 e. The molecule has 4 aromatic carbocycles. The van der Waals surface area contributed by atoms with Gasteiger partial charge in [-0.05, 0) is 73.2 Å². The number of aryl methyl sites for hydroxylation is 2. The number of nitrogen functional groups attached to an aromatic ring is 1. The van der Waals surface area contributed by atoms with Crippen molar-refractivity contribution in [1.29, 1.82) is 5.26 Å². The number of carboxylic acids is 1. The molecule has 0 unspecified atom stereocenters. The number of anilines is 1. The second-order valence-electron chi connectivity index (χ2n) is 10.2. The van der Waals surface area contributed by atoms with Gasteiger partial charge in [0.1, 0.15) is 5.40 Å². The summed E-state index contributed by atoms with van der Waals surface area (Å²) >= 11 is 30.5. The van der Waals surface area contributed by atoms with Crippen molar-refractivity contribution in [3.63, 3.8) is 0 Å². The first kappa shape index (κ1) is 48.7. The van der Waals surface area contributed by atoms with Crippen LogP contribution in [0, 0.1) is 29.3 Å². The number of nitrogens with one attached hydrogen (secondary N) is 1. The van der Waals surface area contributed by atoms with E-state index in [0.717, 1.165) is 30.0 Å². The fourth-order valence-electron chi connectivity index (χ4n) is 4.43. The van der Waals surface area contributed by atoms with Gasteiger partial charge in [-0.3, -0.25) is 9.36 Å². The molecule has 5 aromatic rings. The van der Waals surface area contributed by atoms with Gasteiger partial charge in [-0.1, -0.05) is 46.4 Å². The second-order valence-corrected chi connectivity index (χ2v) is 13.0. The number of thioether (sulfide) groups is 1. The number of H-pyrrole nitrogens is 1. The van der Waals surface area contributed by atoms with E-state index in [1.807, 2.05) is 12.3 Å². The number of nitrogens with zero attached hydrogens (tertiary/aromatic N) is 2. The number of carboxylic acid groups (broad SMARTS) is 1. The van der Waals surface area contributed by atoms with Crippen LogP contribution < -0.4 is 64.9 Å². The van der Waals surface area contributed by atoms with Crippen molar-refractivity contribution in [3.8, 4) is 34.1 Å². The molecule has 0 saturated carbocycles. The molecule has 0 aliphatic carbocycles. The average molecular weight is 867 g/mol. The monoisotopic (exact) mass is 864 g/mol. The quantitative estimate of drug-likeness (QED) is 0.0613. The van der Waals surface area contributed by atoms with Crippen LogP contribution in [-0.4, -0.2) is 56.2 Å². The van der Waals surface area contributed by atoms with Crippen molar-refractivity contribution >= 4 is 92.9 Å². The number of aromatic carboxylic acids is 1.